The van der Waals surface area contributed by atoms with Crippen LogP contribution in [0.15, 0.2) is 78.8 Å². The fourth-order valence-corrected chi connectivity index (χ4v) is 7.44. The van der Waals surface area contributed by atoms with E-state index in [0.717, 1.165) is 60.0 Å². The Morgan fingerprint density at radius 2 is 1.57 bits per heavy atom. The number of aromatic nitrogens is 2. The van der Waals surface area contributed by atoms with E-state index in [9.17, 15) is 9.90 Å². The number of carbonyl (C=O) groups is 1. The fourth-order valence-electron chi connectivity index (χ4n) is 6.15. The number of allylic oxidation sites excluding steroid dienone is 2. The normalized spacial score (nSPS) is 12.0. The van der Waals surface area contributed by atoms with Crippen molar-refractivity contribution in [2.75, 3.05) is 0 Å². The number of hydrogen-bond donors (Lipinski definition) is 1. The molecule has 3 heterocycles. The summed E-state index contributed by atoms with van der Waals surface area (Å²) < 4.78 is 1.29. The molecule has 0 amide bonds. The van der Waals surface area contributed by atoms with Crippen LogP contribution in [0.1, 0.15) is 98.4 Å². The molecule has 2 aromatic carbocycles. The number of pyridine rings is 2. The van der Waals surface area contributed by atoms with Crippen molar-refractivity contribution in [1.82, 2.24) is 9.97 Å². The molecule has 4 nitrogen and oxygen atoms in total. The molecule has 0 aliphatic rings. The van der Waals surface area contributed by atoms with Crippen molar-refractivity contribution in [3.63, 3.8) is 0 Å². The van der Waals surface area contributed by atoms with Crippen molar-refractivity contribution < 1.29 is 30.0 Å². The Balaban J connectivity index is 0.000000347. The summed E-state index contributed by atoms with van der Waals surface area (Å²) >= 11 is 1.88. The number of fused-ring (bicyclic) bond motifs is 2. The summed E-state index contributed by atoms with van der Waals surface area (Å²) in [5, 5.41) is 13.4. The van der Waals surface area contributed by atoms with E-state index in [1.54, 1.807) is 0 Å². The van der Waals surface area contributed by atoms with Gasteiger partial charge < -0.3 is 5.11 Å². The SMILES string of the molecule is CC(C)Cc1cc2cnc(-c3ccnc(-c4[c-]c5ccccc5c(C(C)(C)C)c4)c3)cc2s1.CCC(CC)C(=O)/C=C(\O)C(CC)CC.[Ir]. The molecule has 5 aromatic rings. The van der Waals surface area contributed by atoms with Gasteiger partial charge in [0.25, 0.3) is 0 Å². The molecule has 0 saturated carbocycles. The van der Waals surface area contributed by atoms with Gasteiger partial charge >= 0.3 is 0 Å². The Kier molecular flexibility index (Phi) is 14.9. The molecule has 0 fully saturated rings. The van der Waals surface area contributed by atoms with E-state index in [-0.39, 0.29) is 48.9 Å². The number of rotatable bonds is 11. The monoisotopic (exact) mass is 854 g/mol. The number of hydrogen-bond acceptors (Lipinski definition) is 5. The zero-order chi connectivity index (χ0) is 35.0. The van der Waals surface area contributed by atoms with Gasteiger partial charge in [-0.25, -0.2) is 0 Å². The standard InChI is InChI=1S/C30H29N2S.C13H24O2.Ir/c1-19(2)12-24-14-23-18-32-28(17-29(23)33-24)21-10-11-31-27(16-21)22-13-20-8-6-7-9-25(20)26(15-22)30(3,4)5;1-5-10(6-2)12(14)9-13(15)11(7-3)8-4;/h6-11,14-19H,12H2,1-5H3;9-11,14H,5-8H2,1-4H3;/q-1;;/b;12-9-;. The first-order valence-electron chi connectivity index (χ1n) is 17.6. The first-order chi connectivity index (χ1) is 22.9. The number of ketones is 1. The molecule has 5 rings (SSSR count). The zero-order valence-corrected chi connectivity index (χ0v) is 33.9. The maximum atomic E-state index is 11.7. The molecule has 0 atom stereocenters. The quantitative estimate of drug-likeness (QED) is 0.0817. The molecule has 263 valence electrons. The van der Waals surface area contributed by atoms with Crippen LogP contribution in [0.3, 0.4) is 0 Å². The molecule has 0 aliphatic heterocycles. The van der Waals surface area contributed by atoms with Crippen molar-refractivity contribution >= 4 is 38.0 Å². The summed E-state index contributed by atoms with van der Waals surface area (Å²) in [6.07, 6.45) is 9.91. The van der Waals surface area contributed by atoms with Crippen LogP contribution in [0.2, 0.25) is 0 Å². The first kappa shape index (κ1) is 40.3. The van der Waals surface area contributed by atoms with Crippen LogP contribution >= 0.6 is 11.3 Å². The molecule has 0 unspecified atom stereocenters. The first-order valence-corrected chi connectivity index (χ1v) is 18.4. The molecule has 1 radical (unpaired) electrons. The molecular weight excluding hydrogens is 801 g/mol. The number of aliphatic hydroxyl groups is 1. The number of nitrogens with zero attached hydrogens (tertiary/aromatic N) is 2. The van der Waals surface area contributed by atoms with Gasteiger partial charge in [0.1, 0.15) is 0 Å². The van der Waals surface area contributed by atoms with E-state index in [1.165, 1.54) is 32.0 Å². The minimum absolute atomic E-state index is 0. The van der Waals surface area contributed by atoms with Gasteiger partial charge in [0.2, 0.25) is 0 Å². The molecule has 0 aliphatic carbocycles. The van der Waals surface area contributed by atoms with Gasteiger partial charge in [0.05, 0.1) is 11.5 Å². The number of thiophene rings is 1. The van der Waals surface area contributed by atoms with Crippen molar-refractivity contribution in [1.29, 1.82) is 0 Å². The molecule has 3 aromatic heterocycles. The van der Waals surface area contributed by atoms with Crippen LogP contribution in [0, 0.1) is 23.8 Å². The Morgan fingerprint density at radius 1 is 0.898 bits per heavy atom. The van der Waals surface area contributed by atoms with Crippen LogP contribution in [0.25, 0.3) is 43.4 Å². The third-order valence-corrected chi connectivity index (χ3v) is 10.2. The minimum Gasteiger partial charge on any atom is -0.512 e. The van der Waals surface area contributed by atoms with E-state index in [1.807, 2.05) is 57.5 Å². The summed E-state index contributed by atoms with van der Waals surface area (Å²) in [6, 6.07) is 23.1. The maximum absolute atomic E-state index is 11.7. The molecule has 49 heavy (non-hydrogen) atoms. The van der Waals surface area contributed by atoms with Crippen molar-refractivity contribution in [2.24, 2.45) is 17.8 Å². The smallest absolute Gasteiger partial charge is 0.162 e. The molecule has 0 bridgehead atoms. The van der Waals surface area contributed by atoms with Crippen molar-refractivity contribution in [3.05, 3.63) is 95.3 Å². The number of benzene rings is 2. The zero-order valence-electron chi connectivity index (χ0n) is 30.7. The molecule has 0 spiro atoms. The van der Waals surface area contributed by atoms with Crippen molar-refractivity contribution in [3.8, 4) is 22.5 Å². The van der Waals surface area contributed by atoms with Gasteiger partial charge in [-0.1, -0.05) is 97.5 Å². The Labute approximate surface area is 311 Å². The number of aliphatic hydroxyl groups excluding tert-OH is 1. The molecule has 1 N–H and O–H groups in total. The predicted octanol–water partition coefficient (Wildman–Crippen LogP) is 12.3. The second-order valence-corrected chi connectivity index (χ2v) is 15.4. The Hall–Kier alpha value is -3.18. The predicted molar refractivity (Wildman–Crippen MR) is 206 cm³/mol. The van der Waals surface area contributed by atoms with Gasteiger partial charge in [-0.3, -0.25) is 14.8 Å². The van der Waals surface area contributed by atoms with Crippen LogP contribution in [-0.2, 0) is 36.7 Å². The molecular formula is C43H53IrN2O2S-. The summed E-state index contributed by atoms with van der Waals surface area (Å²) in [4.78, 5) is 22.6. The van der Waals surface area contributed by atoms with E-state index in [0.29, 0.717) is 5.92 Å². The van der Waals surface area contributed by atoms with E-state index >= 15 is 0 Å². The summed E-state index contributed by atoms with van der Waals surface area (Å²) in [5.41, 5.74) is 5.37. The maximum Gasteiger partial charge on any atom is 0.162 e. The van der Waals surface area contributed by atoms with Gasteiger partial charge in [-0.05, 0) is 67.2 Å². The van der Waals surface area contributed by atoms with Crippen LogP contribution in [0.4, 0.5) is 0 Å². The second-order valence-electron chi connectivity index (χ2n) is 14.2. The summed E-state index contributed by atoms with van der Waals surface area (Å²) in [5.74, 6) is 1.20. The Bertz CT molecular complexity index is 1860. The van der Waals surface area contributed by atoms with E-state index in [2.05, 4.69) is 89.2 Å². The summed E-state index contributed by atoms with van der Waals surface area (Å²) in [6.45, 7) is 19.4. The van der Waals surface area contributed by atoms with Gasteiger partial charge in [-0.2, -0.15) is 0 Å². The van der Waals surface area contributed by atoms with Gasteiger partial charge in [0, 0.05) is 71.1 Å². The average Bonchev–Trinajstić information content (AvgIpc) is 3.46. The van der Waals surface area contributed by atoms with Gasteiger partial charge in [0.15, 0.2) is 5.78 Å². The minimum atomic E-state index is 0. The van der Waals surface area contributed by atoms with E-state index < -0.39 is 0 Å². The summed E-state index contributed by atoms with van der Waals surface area (Å²) in [7, 11) is 0. The van der Waals surface area contributed by atoms with Gasteiger partial charge in [-0.15, -0.1) is 40.5 Å². The average molecular weight is 854 g/mol. The fraction of sp³-hybridized carbons (Fsp3) is 0.419. The molecule has 6 heteroatoms. The van der Waals surface area contributed by atoms with Crippen LogP contribution in [0.5, 0.6) is 0 Å². The second kappa shape index (κ2) is 18.2. The van der Waals surface area contributed by atoms with Crippen LogP contribution < -0.4 is 0 Å². The van der Waals surface area contributed by atoms with Crippen LogP contribution in [-0.4, -0.2) is 20.9 Å². The van der Waals surface area contributed by atoms with Crippen molar-refractivity contribution in [2.45, 2.75) is 99.8 Å². The largest absolute Gasteiger partial charge is 0.512 e. The topological polar surface area (TPSA) is 63.1 Å². The third-order valence-electron chi connectivity index (χ3n) is 9.06. The third kappa shape index (κ3) is 10.4. The molecule has 0 saturated heterocycles. The number of carbonyl (C=O) groups excluding carboxylic acids is 1. The van der Waals surface area contributed by atoms with E-state index in [4.69, 9.17) is 9.97 Å². The Morgan fingerprint density at radius 3 is 2.20 bits per heavy atom.